The summed E-state index contributed by atoms with van der Waals surface area (Å²) >= 11 is 0. The van der Waals surface area contributed by atoms with Crippen LogP contribution in [0.3, 0.4) is 0 Å². The van der Waals surface area contributed by atoms with Crippen LogP contribution >= 0.6 is 0 Å². The summed E-state index contributed by atoms with van der Waals surface area (Å²) in [6, 6.07) is 0. The predicted molar refractivity (Wildman–Crippen MR) is 87.4 cm³/mol. The van der Waals surface area contributed by atoms with Crippen molar-refractivity contribution >= 4 is 20.0 Å². The highest BCUT2D eigenvalue weighted by molar-refractivity contribution is 6.82. The molecule has 0 radical (unpaired) electrons. The number of amides is 1. The molecule has 0 saturated carbocycles. The Labute approximate surface area is 129 Å². The van der Waals surface area contributed by atoms with Gasteiger partial charge in [0.1, 0.15) is 5.16 Å². The molecule has 21 heavy (non-hydrogen) atoms. The van der Waals surface area contributed by atoms with Gasteiger partial charge in [-0.2, -0.15) is 0 Å². The molecule has 0 bridgehead atoms. The van der Waals surface area contributed by atoms with E-state index in [0.29, 0.717) is 19.6 Å². The fourth-order valence-electron chi connectivity index (χ4n) is 2.30. The Morgan fingerprint density at radius 3 is 2.19 bits per heavy atom. The first kappa shape index (κ1) is 20.1. The molecule has 1 atom stereocenters. The number of unbranched alkanes of at least 4 members (excludes halogenated alkanes) is 1. The number of hydrogen-bond acceptors (Lipinski definition) is 5. The van der Waals surface area contributed by atoms with Crippen LogP contribution in [0.5, 0.6) is 0 Å². The topological polar surface area (TPSA) is 107 Å². The molecule has 0 rings (SSSR count). The van der Waals surface area contributed by atoms with Crippen LogP contribution in [-0.4, -0.2) is 44.8 Å². The van der Waals surface area contributed by atoms with Gasteiger partial charge in [-0.3, -0.25) is 4.79 Å². The van der Waals surface area contributed by atoms with Crippen molar-refractivity contribution in [2.24, 2.45) is 11.5 Å². The van der Waals surface area contributed by atoms with Crippen molar-refractivity contribution in [2.45, 2.75) is 57.4 Å². The molecule has 0 aliphatic rings. The van der Waals surface area contributed by atoms with Crippen molar-refractivity contribution in [1.29, 1.82) is 0 Å². The van der Waals surface area contributed by atoms with E-state index in [-0.39, 0.29) is 24.8 Å². The van der Waals surface area contributed by atoms with Crippen LogP contribution in [0.15, 0.2) is 0 Å². The molecule has 6 nitrogen and oxygen atoms in total. The fourth-order valence-corrected chi connectivity index (χ4v) is 4.43. The van der Waals surface area contributed by atoms with Gasteiger partial charge in [0, 0.05) is 13.0 Å². The van der Waals surface area contributed by atoms with Crippen molar-refractivity contribution < 1.29 is 14.3 Å². The quantitative estimate of drug-likeness (QED) is 0.313. The van der Waals surface area contributed by atoms with Crippen LogP contribution in [-0.2, 0) is 14.3 Å². The van der Waals surface area contributed by atoms with Crippen molar-refractivity contribution in [1.82, 2.24) is 5.32 Å². The second-order valence-electron chi connectivity index (χ2n) is 6.21. The minimum Gasteiger partial charge on any atom is -0.464 e. The molecular weight excluding hydrogens is 286 g/mol. The highest BCUT2D eigenvalue weighted by Gasteiger charge is 2.51. The van der Waals surface area contributed by atoms with Crippen molar-refractivity contribution in [3.05, 3.63) is 0 Å². The molecule has 7 heteroatoms. The second kappa shape index (κ2) is 9.17. The molecule has 0 aromatic heterocycles. The SMILES string of the molecule is CCOC(=O)[C@](CCCCN)(NC(=O)CCN)[Si](C)(C)C. The van der Waals surface area contributed by atoms with Gasteiger partial charge in [-0.05, 0) is 32.7 Å². The molecular formula is C14H31N3O3Si. The minimum absolute atomic E-state index is 0.194. The van der Waals surface area contributed by atoms with Crippen LogP contribution in [0.2, 0.25) is 19.6 Å². The monoisotopic (exact) mass is 317 g/mol. The number of carbonyl (C=O) groups excluding carboxylic acids is 2. The Morgan fingerprint density at radius 2 is 1.76 bits per heavy atom. The standard InChI is InChI=1S/C14H31N3O3Si/c1-5-20-13(19)14(21(2,3)4,9-6-7-10-15)17-12(18)8-11-16/h5-11,15-16H2,1-4H3,(H,17,18)/t14-/m1/s1. The lowest BCUT2D eigenvalue weighted by Gasteiger charge is -2.42. The van der Waals surface area contributed by atoms with Crippen LogP contribution in [0.1, 0.15) is 32.6 Å². The highest BCUT2D eigenvalue weighted by Crippen LogP contribution is 2.28. The zero-order valence-corrected chi connectivity index (χ0v) is 14.8. The van der Waals surface area contributed by atoms with E-state index in [1.165, 1.54) is 0 Å². The second-order valence-corrected chi connectivity index (χ2v) is 11.6. The first-order chi connectivity index (χ1) is 9.75. The molecule has 1 amide bonds. The molecule has 5 N–H and O–H groups in total. The van der Waals surface area contributed by atoms with Crippen molar-refractivity contribution in [2.75, 3.05) is 19.7 Å². The summed E-state index contributed by atoms with van der Waals surface area (Å²) < 4.78 is 5.26. The van der Waals surface area contributed by atoms with E-state index in [1.54, 1.807) is 6.92 Å². The van der Waals surface area contributed by atoms with Gasteiger partial charge in [0.05, 0.1) is 14.7 Å². The largest absolute Gasteiger partial charge is 0.464 e. The fraction of sp³-hybridized carbons (Fsp3) is 0.857. The summed E-state index contributed by atoms with van der Waals surface area (Å²) in [6.45, 7) is 9.10. The maximum atomic E-state index is 12.6. The van der Waals surface area contributed by atoms with Crippen molar-refractivity contribution in [3.8, 4) is 0 Å². The van der Waals surface area contributed by atoms with E-state index >= 15 is 0 Å². The lowest BCUT2D eigenvalue weighted by molar-refractivity contribution is -0.150. The van der Waals surface area contributed by atoms with E-state index in [1.807, 2.05) is 0 Å². The highest BCUT2D eigenvalue weighted by atomic mass is 28.3. The van der Waals surface area contributed by atoms with E-state index in [2.05, 4.69) is 25.0 Å². The van der Waals surface area contributed by atoms with Gasteiger partial charge < -0.3 is 21.5 Å². The zero-order chi connectivity index (χ0) is 16.5. The van der Waals surface area contributed by atoms with E-state index in [0.717, 1.165) is 12.8 Å². The summed E-state index contributed by atoms with van der Waals surface area (Å²) in [7, 11) is -2.07. The van der Waals surface area contributed by atoms with E-state index < -0.39 is 13.2 Å². The number of carbonyl (C=O) groups is 2. The molecule has 0 aromatic rings. The Kier molecular flexibility index (Phi) is 8.76. The molecule has 0 aliphatic carbocycles. The van der Waals surface area contributed by atoms with E-state index in [4.69, 9.17) is 16.2 Å². The Balaban J connectivity index is 5.40. The minimum atomic E-state index is -2.07. The summed E-state index contributed by atoms with van der Waals surface area (Å²) in [5.74, 6) is -0.521. The molecule has 0 aliphatic heterocycles. The molecule has 0 spiro atoms. The number of rotatable bonds is 10. The Bertz CT molecular complexity index is 345. The van der Waals surface area contributed by atoms with Gasteiger partial charge in [-0.15, -0.1) is 0 Å². The average Bonchev–Trinajstić information content (AvgIpc) is 2.36. The third kappa shape index (κ3) is 5.76. The Morgan fingerprint density at radius 1 is 1.14 bits per heavy atom. The van der Waals surface area contributed by atoms with Crippen LogP contribution in [0.25, 0.3) is 0 Å². The smallest absolute Gasteiger partial charge is 0.328 e. The zero-order valence-electron chi connectivity index (χ0n) is 13.8. The first-order valence-electron chi connectivity index (χ1n) is 7.63. The van der Waals surface area contributed by atoms with Gasteiger partial charge in [0.25, 0.3) is 0 Å². The number of ether oxygens (including phenoxy) is 1. The third-order valence-electron chi connectivity index (χ3n) is 3.63. The van der Waals surface area contributed by atoms with E-state index in [9.17, 15) is 9.59 Å². The normalized spacial score (nSPS) is 14.4. The van der Waals surface area contributed by atoms with Gasteiger partial charge >= 0.3 is 5.97 Å². The number of nitrogens with two attached hydrogens (primary N) is 2. The van der Waals surface area contributed by atoms with Crippen LogP contribution < -0.4 is 16.8 Å². The first-order valence-corrected chi connectivity index (χ1v) is 11.1. The molecule has 0 fully saturated rings. The number of nitrogens with one attached hydrogen (secondary N) is 1. The molecule has 0 saturated heterocycles. The lowest BCUT2D eigenvalue weighted by atomic mass is 10.1. The number of esters is 1. The van der Waals surface area contributed by atoms with Gasteiger partial charge in [-0.25, -0.2) is 4.79 Å². The maximum absolute atomic E-state index is 12.6. The van der Waals surface area contributed by atoms with Gasteiger partial charge in [0.15, 0.2) is 0 Å². The lowest BCUT2D eigenvalue weighted by Crippen LogP contribution is -2.68. The molecule has 124 valence electrons. The van der Waals surface area contributed by atoms with Gasteiger partial charge in [0.2, 0.25) is 5.91 Å². The summed E-state index contributed by atoms with van der Waals surface area (Å²) in [4.78, 5) is 24.6. The Hall–Kier alpha value is -0.923. The molecule has 0 unspecified atom stereocenters. The summed E-state index contributed by atoms with van der Waals surface area (Å²) in [5.41, 5.74) is 11.0. The summed E-state index contributed by atoms with van der Waals surface area (Å²) in [5, 5.41) is 2.03. The van der Waals surface area contributed by atoms with Crippen LogP contribution in [0, 0.1) is 0 Å². The maximum Gasteiger partial charge on any atom is 0.328 e. The van der Waals surface area contributed by atoms with Crippen LogP contribution in [0.4, 0.5) is 0 Å². The third-order valence-corrected chi connectivity index (χ3v) is 6.77. The number of hydrogen-bond donors (Lipinski definition) is 3. The molecule has 0 heterocycles. The predicted octanol–water partition coefficient (Wildman–Crippen LogP) is 0.760. The van der Waals surface area contributed by atoms with Gasteiger partial charge in [-0.1, -0.05) is 19.6 Å². The average molecular weight is 318 g/mol. The van der Waals surface area contributed by atoms with Crippen molar-refractivity contribution in [3.63, 3.8) is 0 Å². The molecule has 0 aromatic carbocycles. The summed E-state index contributed by atoms with van der Waals surface area (Å²) in [6.07, 6.45) is 2.37.